The van der Waals surface area contributed by atoms with Gasteiger partial charge in [-0.05, 0) is 44.1 Å². The normalized spacial score (nSPS) is 15.1. The molecule has 0 saturated heterocycles. The summed E-state index contributed by atoms with van der Waals surface area (Å²) >= 11 is 0. The highest BCUT2D eigenvalue weighted by molar-refractivity contribution is 5.54. The van der Waals surface area contributed by atoms with Gasteiger partial charge in [0.2, 0.25) is 5.75 Å². The number of fused-ring (bicyclic) bond motifs is 1. The van der Waals surface area contributed by atoms with Crippen molar-refractivity contribution in [3.63, 3.8) is 0 Å². The summed E-state index contributed by atoms with van der Waals surface area (Å²) in [4.78, 5) is 2.23. The number of benzene rings is 1. The molecule has 23 heavy (non-hydrogen) atoms. The van der Waals surface area contributed by atoms with E-state index >= 15 is 0 Å². The Morgan fingerprint density at radius 3 is 2.61 bits per heavy atom. The fourth-order valence-corrected chi connectivity index (χ4v) is 2.92. The van der Waals surface area contributed by atoms with Gasteiger partial charge in [-0.3, -0.25) is 0 Å². The van der Waals surface area contributed by atoms with Gasteiger partial charge in [0, 0.05) is 19.1 Å². The van der Waals surface area contributed by atoms with Crippen molar-refractivity contribution in [1.29, 1.82) is 0 Å². The molecule has 0 fully saturated rings. The molecule has 5 nitrogen and oxygen atoms in total. The quantitative estimate of drug-likeness (QED) is 0.797. The lowest BCUT2D eigenvalue weighted by molar-refractivity contribution is 0.165. The number of likely N-dealkylation sites (N-methyl/N-ethyl adjacent to an activating group) is 1. The molecular formula is C18H30N2O3. The van der Waals surface area contributed by atoms with Gasteiger partial charge >= 0.3 is 0 Å². The van der Waals surface area contributed by atoms with Crippen molar-refractivity contribution in [1.82, 2.24) is 10.2 Å². The van der Waals surface area contributed by atoms with Gasteiger partial charge in [-0.25, -0.2) is 0 Å². The number of hydrogen-bond donors (Lipinski definition) is 1. The fourth-order valence-electron chi connectivity index (χ4n) is 2.92. The fraction of sp³-hybridized carbons (Fsp3) is 0.667. The SMILES string of the molecule is COc1cc(CNC(CC(C)C)CN(C)C)cc2c1OCCO2. The second-order valence-electron chi connectivity index (χ2n) is 6.79. The summed E-state index contributed by atoms with van der Waals surface area (Å²) in [6, 6.07) is 4.54. The molecule has 1 aromatic carbocycles. The summed E-state index contributed by atoms with van der Waals surface area (Å²) in [5.41, 5.74) is 1.15. The van der Waals surface area contributed by atoms with Crippen LogP contribution in [0.5, 0.6) is 17.2 Å². The Morgan fingerprint density at radius 1 is 1.22 bits per heavy atom. The molecule has 2 rings (SSSR count). The summed E-state index contributed by atoms with van der Waals surface area (Å²) in [6.45, 7) is 7.50. The number of ether oxygens (including phenoxy) is 3. The van der Waals surface area contributed by atoms with Gasteiger partial charge in [-0.2, -0.15) is 0 Å². The van der Waals surface area contributed by atoms with E-state index in [9.17, 15) is 0 Å². The number of rotatable bonds is 8. The summed E-state index contributed by atoms with van der Waals surface area (Å²) in [7, 11) is 5.89. The molecule has 0 aliphatic carbocycles. The van der Waals surface area contributed by atoms with Crippen molar-refractivity contribution in [2.24, 2.45) is 5.92 Å². The summed E-state index contributed by atoms with van der Waals surface area (Å²) in [5, 5.41) is 3.66. The molecule has 1 unspecified atom stereocenters. The van der Waals surface area contributed by atoms with Gasteiger partial charge in [0.1, 0.15) is 13.2 Å². The van der Waals surface area contributed by atoms with Crippen LogP contribution in [-0.4, -0.2) is 51.9 Å². The minimum absolute atomic E-state index is 0.462. The molecule has 1 heterocycles. The highest BCUT2D eigenvalue weighted by atomic mass is 16.6. The summed E-state index contributed by atoms with van der Waals surface area (Å²) < 4.78 is 16.8. The van der Waals surface area contributed by atoms with Crippen LogP contribution in [0.2, 0.25) is 0 Å². The first-order chi connectivity index (χ1) is 11.0. The van der Waals surface area contributed by atoms with Crippen LogP contribution in [0.25, 0.3) is 0 Å². The Bertz CT molecular complexity index is 476. The molecule has 0 amide bonds. The molecule has 0 aromatic heterocycles. The Balaban J connectivity index is 2.06. The van der Waals surface area contributed by atoms with Gasteiger partial charge < -0.3 is 24.4 Å². The zero-order chi connectivity index (χ0) is 16.8. The number of nitrogens with one attached hydrogen (secondary N) is 1. The van der Waals surface area contributed by atoms with Gasteiger partial charge in [0.15, 0.2) is 11.5 Å². The van der Waals surface area contributed by atoms with E-state index in [0.717, 1.165) is 42.3 Å². The lowest BCUT2D eigenvalue weighted by atomic mass is 10.0. The smallest absolute Gasteiger partial charge is 0.203 e. The van der Waals surface area contributed by atoms with E-state index in [0.29, 0.717) is 25.2 Å². The van der Waals surface area contributed by atoms with Crippen LogP contribution in [-0.2, 0) is 6.54 Å². The second kappa shape index (κ2) is 8.41. The maximum absolute atomic E-state index is 5.70. The molecule has 130 valence electrons. The predicted molar refractivity (Wildman–Crippen MR) is 92.6 cm³/mol. The van der Waals surface area contributed by atoms with Crippen LogP contribution in [0.3, 0.4) is 0 Å². The molecular weight excluding hydrogens is 292 g/mol. The van der Waals surface area contributed by atoms with Crippen molar-refractivity contribution in [2.75, 3.05) is 41.0 Å². The van der Waals surface area contributed by atoms with Crippen molar-refractivity contribution >= 4 is 0 Å². The average molecular weight is 322 g/mol. The molecule has 1 aliphatic rings. The number of hydrogen-bond acceptors (Lipinski definition) is 5. The zero-order valence-electron chi connectivity index (χ0n) is 15.0. The topological polar surface area (TPSA) is 43.0 Å². The van der Waals surface area contributed by atoms with Crippen LogP contribution in [0.15, 0.2) is 12.1 Å². The van der Waals surface area contributed by atoms with E-state index in [-0.39, 0.29) is 0 Å². The number of methoxy groups -OCH3 is 1. The third-order valence-electron chi connectivity index (χ3n) is 3.82. The molecule has 0 bridgehead atoms. The third-order valence-corrected chi connectivity index (χ3v) is 3.82. The van der Waals surface area contributed by atoms with E-state index in [1.807, 2.05) is 12.1 Å². The maximum Gasteiger partial charge on any atom is 0.203 e. The van der Waals surface area contributed by atoms with Crippen LogP contribution >= 0.6 is 0 Å². The average Bonchev–Trinajstić information content (AvgIpc) is 2.50. The second-order valence-corrected chi connectivity index (χ2v) is 6.79. The van der Waals surface area contributed by atoms with Gasteiger partial charge in [-0.1, -0.05) is 13.8 Å². The molecule has 1 N–H and O–H groups in total. The molecule has 1 aliphatic heterocycles. The first-order valence-electron chi connectivity index (χ1n) is 8.34. The summed E-state index contributed by atoms with van der Waals surface area (Å²) in [5.74, 6) is 2.91. The Hall–Kier alpha value is -1.46. The largest absolute Gasteiger partial charge is 0.493 e. The Morgan fingerprint density at radius 2 is 1.96 bits per heavy atom. The van der Waals surface area contributed by atoms with E-state index in [1.165, 1.54) is 0 Å². The standard InChI is InChI=1S/C18H30N2O3/c1-13(2)8-15(12-20(3)4)19-11-14-9-16(21-5)18-17(10-14)22-6-7-23-18/h9-10,13,15,19H,6-8,11-12H2,1-5H3. The molecule has 0 radical (unpaired) electrons. The lowest BCUT2D eigenvalue weighted by Gasteiger charge is -2.25. The van der Waals surface area contributed by atoms with Crippen LogP contribution in [0.4, 0.5) is 0 Å². The van der Waals surface area contributed by atoms with Crippen LogP contribution in [0.1, 0.15) is 25.8 Å². The number of nitrogens with zero attached hydrogens (tertiary/aromatic N) is 1. The van der Waals surface area contributed by atoms with Gasteiger partial charge in [0.05, 0.1) is 7.11 Å². The van der Waals surface area contributed by atoms with Gasteiger partial charge in [-0.15, -0.1) is 0 Å². The van der Waals surface area contributed by atoms with Crippen molar-refractivity contribution in [2.45, 2.75) is 32.9 Å². The Labute approximate surface area is 139 Å². The lowest BCUT2D eigenvalue weighted by Crippen LogP contribution is -2.38. The highest BCUT2D eigenvalue weighted by Gasteiger charge is 2.19. The van der Waals surface area contributed by atoms with Crippen molar-refractivity contribution in [3.05, 3.63) is 17.7 Å². The predicted octanol–water partition coefficient (Wildman–Crippen LogP) is 2.53. The van der Waals surface area contributed by atoms with E-state index in [1.54, 1.807) is 7.11 Å². The summed E-state index contributed by atoms with van der Waals surface area (Å²) in [6.07, 6.45) is 1.15. The monoisotopic (exact) mass is 322 g/mol. The highest BCUT2D eigenvalue weighted by Crippen LogP contribution is 2.40. The molecule has 0 spiro atoms. The van der Waals surface area contributed by atoms with E-state index < -0.39 is 0 Å². The van der Waals surface area contributed by atoms with Crippen molar-refractivity contribution in [3.8, 4) is 17.2 Å². The molecule has 1 atom stereocenters. The zero-order valence-corrected chi connectivity index (χ0v) is 15.0. The molecule has 1 aromatic rings. The first kappa shape index (κ1) is 17.9. The first-order valence-corrected chi connectivity index (χ1v) is 8.34. The Kier molecular flexibility index (Phi) is 6.54. The van der Waals surface area contributed by atoms with E-state index in [2.05, 4.69) is 38.2 Å². The van der Waals surface area contributed by atoms with Crippen LogP contribution in [0, 0.1) is 5.92 Å². The molecule has 5 heteroatoms. The molecule has 0 saturated carbocycles. The van der Waals surface area contributed by atoms with Crippen LogP contribution < -0.4 is 19.5 Å². The maximum atomic E-state index is 5.70. The van der Waals surface area contributed by atoms with Gasteiger partial charge in [0.25, 0.3) is 0 Å². The minimum Gasteiger partial charge on any atom is -0.493 e. The van der Waals surface area contributed by atoms with E-state index in [4.69, 9.17) is 14.2 Å². The minimum atomic E-state index is 0.462. The van der Waals surface area contributed by atoms with Crippen molar-refractivity contribution < 1.29 is 14.2 Å². The third kappa shape index (κ3) is 5.29.